The van der Waals surface area contributed by atoms with Gasteiger partial charge in [-0.3, -0.25) is 9.59 Å². The molecule has 2 aromatic rings. The van der Waals surface area contributed by atoms with Crippen molar-refractivity contribution in [3.05, 3.63) is 36.0 Å². The van der Waals surface area contributed by atoms with Crippen molar-refractivity contribution in [1.82, 2.24) is 10.3 Å². The van der Waals surface area contributed by atoms with Gasteiger partial charge in [0.1, 0.15) is 0 Å². The molecule has 0 unspecified atom stereocenters. The van der Waals surface area contributed by atoms with Crippen LogP contribution in [-0.2, 0) is 4.79 Å². The van der Waals surface area contributed by atoms with Gasteiger partial charge in [-0.05, 0) is 12.5 Å². The number of H-pyrrole nitrogens is 1. The van der Waals surface area contributed by atoms with Gasteiger partial charge >= 0.3 is 0 Å². The number of nitrogens with two attached hydrogens (primary N) is 1. The number of aromatic amines is 1. The van der Waals surface area contributed by atoms with Gasteiger partial charge in [0.25, 0.3) is 5.91 Å². The summed E-state index contributed by atoms with van der Waals surface area (Å²) in [5.41, 5.74) is 6.57. The zero-order valence-corrected chi connectivity index (χ0v) is 9.90. The van der Waals surface area contributed by atoms with Crippen LogP contribution < -0.4 is 11.1 Å². The van der Waals surface area contributed by atoms with Crippen LogP contribution in [0, 0.1) is 0 Å². The van der Waals surface area contributed by atoms with Crippen molar-refractivity contribution in [2.45, 2.75) is 12.8 Å². The average molecular weight is 245 g/mol. The van der Waals surface area contributed by atoms with E-state index in [0.717, 1.165) is 10.9 Å². The third kappa shape index (κ3) is 2.68. The van der Waals surface area contributed by atoms with E-state index < -0.39 is 0 Å². The van der Waals surface area contributed by atoms with Gasteiger partial charge in [-0.2, -0.15) is 0 Å². The number of fused-ring (bicyclic) bond motifs is 1. The highest BCUT2D eigenvalue weighted by atomic mass is 16.2. The molecule has 0 saturated carbocycles. The van der Waals surface area contributed by atoms with Gasteiger partial charge in [-0.1, -0.05) is 18.2 Å². The van der Waals surface area contributed by atoms with E-state index in [-0.39, 0.29) is 18.2 Å². The summed E-state index contributed by atoms with van der Waals surface area (Å²) < 4.78 is 0. The quantitative estimate of drug-likeness (QED) is 0.690. The van der Waals surface area contributed by atoms with E-state index in [9.17, 15) is 9.59 Å². The van der Waals surface area contributed by atoms with E-state index in [1.807, 2.05) is 24.3 Å². The van der Waals surface area contributed by atoms with E-state index in [2.05, 4.69) is 10.3 Å². The lowest BCUT2D eigenvalue weighted by atomic mass is 10.1. The lowest BCUT2D eigenvalue weighted by Crippen LogP contribution is -2.25. The van der Waals surface area contributed by atoms with Crippen LogP contribution in [0.1, 0.15) is 23.2 Å². The molecule has 0 bridgehead atoms. The van der Waals surface area contributed by atoms with Crippen molar-refractivity contribution in [1.29, 1.82) is 0 Å². The van der Waals surface area contributed by atoms with Crippen LogP contribution in [0.15, 0.2) is 30.5 Å². The van der Waals surface area contributed by atoms with E-state index >= 15 is 0 Å². The highest BCUT2D eigenvalue weighted by Crippen LogP contribution is 2.17. The predicted octanol–water partition coefficient (Wildman–Crippen LogP) is 1.16. The van der Waals surface area contributed by atoms with Crippen molar-refractivity contribution < 1.29 is 9.59 Å². The number of amides is 2. The summed E-state index contributed by atoms with van der Waals surface area (Å²) in [7, 11) is 0. The molecule has 18 heavy (non-hydrogen) atoms. The second-order valence-electron chi connectivity index (χ2n) is 4.07. The molecule has 4 N–H and O–H groups in total. The fraction of sp³-hybridized carbons (Fsp3) is 0.231. The van der Waals surface area contributed by atoms with Gasteiger partial charge in [0.15, 0.2) is 0 Å². The first-order valence-corrected chi connectivity index (χ1v) is 5.81. The Hall–Kier alpha value is -2.30. The Balaban J connectivity index is 1.99. The van der Waals surface area contributed by atoms with E-state index in [1.54, 1.807) is 6.20 Å². The molecule has 2 amide bonds. The van der Waals surface area contributed by atoms with Crippen LogP contribution in [0.2, 0.25) is 0 Å². The fourth-order valence-corrected chi connectivity index (χ4v) is 1.82. The second-order valence-corrected chi connectivity index (χ2v) is 4.07. The average Bonchev–Trinajstić information content (AvgIpc) is 2.78. The summed E-state index contributed by atoms with van der Waals surface area (Å²) in [6, 6.07) is 7.61. The fourth-order valence-electron chi connectivity index (χ4n) is 1.82. The zero-order valence-electron chi connectivity index (χ0n) is 9.90. The topological polar surface area (TPSA) is 88.0 Å². The number of benzene rings is 1. The third-order valence-electron chi connectivity index (χ3n) is 2.72. The Kier molecular flexibility index (Phi) is 3.62. The van der Waals surface area contributed by atoms with Crippen LogP contribution in [0.4, 0.5) is 0 Å². The molecule has 2 rings (SSSR count). The molecular weight excluding hydrogens is 230 g/mol. The standard InChI is InChI=1S/C13H15N3O2/c14-12(17)6-3-7-15-13(18)10-8-16-11-5-2-1-4-9(10)11/h1-2,4-5,8,16H,3,6-7H2,(H2,14,17)(H,15,18). The number of hydrogen-bond donors (Lipinski definition) is 3. The minimum Gasteiger partial charge on any atom is -0.370 e. The molecule has 0 spiro atoms. The molecule has 0 aliphatic heterocycles. The summed E-state index contributed by atoms with van der Waals surface area (Å²) in [6.45, 7) is 0.446. The Bertz CT molecular complexity index is 574. The van der Waals surface area contributed by atoms with Gasteiger partial charge in [-0.25, -0.2) is 0 Å². The lowest BCUT2D eigenvalue weighted by molar-refractivity contribution is -0.118. The molecule has 1 heterocycles. The summed E-state index contributed by atoms with van der Waals surface area (Å²) in [6.07, 6.45) is 2.53. The molecule has 0 saturated heterocycles. The summed E-state index contributed by atoms with van der Waals surface area (Å²) in [5.74, 6) is -0.492. The van der Waals surface area contributed by atoms with Gasteiger partial charge in [-0.15, -0.1) is 0 Å². The van der Waals surface area contributed by atoms with E-state index in [0.29, 0.717) is 18.5 Å². The number of para-hydroxylation sites is 1. The third-order valence-corrected chi connectivity index (χ3v) is 2.72. The smallest absolute Gasteiger partial charge is 0.253 e. The largest absolute Gasteiger partial charge is 0.370 e. The normalized spacial score (nSPS) is 10.4. The molecular formula is C13H15N3O2. The first-order valence-electron chi connectivity index (χ1n) is 5.81. The Morgan fingerprint density at radius 2 is 2.06 bits per heavy atom. The van der Waals surface area contributed by atoms with Gasteiger partial charge < -0.3 is 16.0 Å². The maximum absolute atomic E-state index is 11.9. The number of carbonyl (C=O) groups is 2. The molecule has 94 valence electrons. The van der Waals surface area contributed by atoms with Gasteiger partial charge in [0, 0.05) is 30.1 Å². The molecule has 5 nitrogen and oxygen atoms in total. The Morgan fingerprint density at radius 3 is 2.83 bits per heavy atom. The number of carbonyl (C=O) groups excluding carboxylic acids is 2. The Morgan fingerprint density at radius 1 is 1.28 bits per heavy atom. The second kappa shape index (κ2) is 5.35. The van der Waals surface area contributed by atoms with Crippen LogP contribution >= 0.6 is 0 Å². The van der Waals surface area contributed by atoms with Gasteiger partial charge in [0.05, 0.1) is 5.56 Å². The highest BCUT2D eigenvalue weighted by Gasteiger charge is 2.10. The number of aromatic nitrogens is 1. The van der Waals surface area contributed by atoms with Crippen LogP contribution in [0.3, 0.4) is 0 Å². The molecule has 1 aromatic carbocycles. The minimum atomic E-state index is -0.351. The summed E-state index contributed by atoms with van der Waals surface area (Å²) in [4.78, 5) is 25.5. The summed E-state index contributed by atoms with van der Waals surface area (Å²) >= 11 is 0. The van der Waals surface area contributed by atoms with Crippen molar-refractivity contribution in [3.63, 3.8) is 0 Å². The molecule has 0 aliphatic carbocycles. The Labute approximate surface area is 104 Å². The highest BCUT2D eigenvalue weighted by molar-refractivity contribution is 6.06. The van der Waals surface area contributed by atoms with Crippen LogP contribution in [-0.4, -0.2) is 23.3 Å². The van der Waals surface area contributed by atoms with Crippen LogP contribution in [0.5, 0.6) is 0 Å². The SMILES string of the molecule is NC(=O)CCCNC(=O)c1c[nH]c2ccccc12. The molecule has 0 fully saturated rings. The van der Waals surface area contributed by atoms with Crippen molar-refractivity contribution in [2.24, 2.45) is 5.73 Å². The van der Waals surface area contributed by atoms with Gasteiger partial charge in [0.2, 0.25) is 5.91 Å². The van der Waals surface area contributed by atoms with Crippen LogP contribution in [0.25, 0.3) is 10.9 Å². The molecule has 0 aliphatic rings. The first-order chi connectivity index (χ1) is 8.68. The number of nitrogens with one attached hydrogen (secondary N) is 2. The molecule has 5 heteroatoms. The number of primary amides is 1. The molecule has 0 atom stereocenters. The van der Waals surface area contributed by atoms with Crippen molar-refractivity contribution in [2.75, 3.05) is 6.54 Å². The first kappa shape index (κ1) is 12.2. The van der Waals surface area contributed by atoms with E-state index in [4.69, 9.17) is 5.73 Å². The monoisotopic (exact) mass is 245 g/mol. The van der Waals surface area contributed by atoms with Crippen molar-refractivity contribution >= 4 is 22.7 Å². The predicted molar refractivity (Wildman–Crippen MR) is 69.1 cm³/mol. The van der Waals surface area contributed by atoms with Crippen molar-refractivity contribution in [3.8, 4) is 0 Å². The number of hydrogen-bond acceptors (Lipinski definition) is 2. The molecule has 0 radical (unpaired) electrons. The number of rotatable bonds is 5. The maximum Gasteiger partial charge on any atom is 0.253 e. The minimum absolute atomic E-state index is 0.142. The maximum atomic E-state index is 11.9. The molecule has 1 aromatic heterocycles. The zero-order chi connectivity index (χ0) is 13.0. The summed E-state index contributed by atoms with van der Waals surface area (Å²) in [5, 5.41) is 3.66. The van der Waals surface area contributed by atoms with E-state index in [1.165, 1.54) is 0 Å². The lowest BCUT2D eigenvalue weighted by Gasteiger charge is -2.03.